The third-order valence-corrected chi connectivity index (χ3v) is 4.18. The second-order valence-corrected chi connectivity index (χ2v) is 5.83. The minimum atomic E-state index is -1.19. The molecule has 1 aromatic carbocycles. The van der Waals surface area contributed by atoms with Gasteiger partial charge < -0.3 is 15.4 Å². The van der Waals surface area contributed by atoms with Crippen molar-refractivity contribution in [3.8, 4) is 5.75 Å². The number of aromatic nitrogens is 2. The van der Waals surface area contributed by atoms with E-state index in [1.165, 1.54) is 18.3 Å². The first kappa shape index (κ1) is 18.5. The van der Waals surface area contributed by atoms with E-state index in [-0.39, 0.29) is 39.7 Å². The highest BCUT2D eigenvalue weighted by Gasteiger charge is 2.24. The summed E-state index contributed by atoms with van der Waals surface area (Å²) in [5.74, 6) is -3.17. The van der Waals surface area contributed by atoms with Gasteiger partial charge in [-0.25, -0.2) is 13.8 Å². The minimum absolute atomic E-state index is 0.0621. The molecule has 0 aliphatic heterocycles. The van der Waals surface area contributed by atoms with Gasteiger partial charge in [-0.3, -0.25) is 9.59 Å². The monoisotopic (exact) mass is 376 g/mol. The Morgan fingerprint density at radius 1 is 1.19 bits per heavy atom. The van der Waals surface area contributed by atoms with Crippen LogP contribution < -0.4 is 5.56 Å². The fourth-order valence-corrected chi connectivity index (χ4v) is 2.82. The van der Waals surface area contributed by atoms with Crippen LogP contribution in [0.3, 0.4) is 0 Å². The summed E-state index contributed by atoms with van der Waals surface area (Å²) in [6.07, 6.45) is 0.705. The average Bonchev–Trinajstić information content (AvgIpc) is 2.65. The van der Waals surface area contributed by atoms with E-state index >= 15 is 0 Å². The SMILES string of the molecule is O=C(CCc1ccc(F)cc1F)c1c(O)c2c(CO)ccnc2n(O)c1=O. The lowest BCUT2D eigenvalue weighted by molar-refractivity contribution is 0.0972. The van der Waals surface area contributed by atoms with Crippen LogP contribution in [-0.4, -0.2) is 30.9 Å². The molecule has 0 saturated heterocycles. The van der Waals surface area contributed by atoms with E-state index in [0.717, 1.165) is 6.07 Å². The summed E-state index contributed by atoms with van der Waals surface area (Å²) in [6, 6.07) is 4.24. The first-order valence-electron chi connectivity index (χ1n) is 7.88. The summed E-state index contributed by atoms with van der Waals surface area (Å²) in [6.45, 7) is -0.529. The Hall–Kier alpha value is -3.33. The van der Waals surface area contributed by atoms with Crippen molar-refractivity contribution in [1.82, 2.24) is 9.71 Å². The Bertz CT molecular complexity index is 1110. The molecule has 140 valence electrons. The highest BCUT2D eigenvalue weighted by Crippen LogP contribution is 2.29. The van der Waals surface area contributed by atoms with Gasteiger partial charge in [0.2, 0.25) is 0 Å². The molecule has 0 amide bonds. The second kappa shape index (κ2) is 7.12. The molecule has 0 spiro atoms. The van der Waals surface area contributed by atoms with E-state index in [4.69, 9.17) is 0 Å². The predicted molar refractivity (Wildman–Crippen MR) is 89.8 cm³/mol. The van der Waals surface area contributed by atoms with E-state index in [1.807, 2.05) is 0 Å². The molecule has 0 saturated carbocycles. The molecule has 0 atom stereocenters. The highest BCUT2D eigenvalue weighted by atomic mass is 19.1. The van der Waals surface area contributed by atoms with Gasteiger partial charge in [-0.05, 0) is 29.7 Å². The number of aliphatic hydroxyl groups excluding tert-OH is 1. The van der Waals surface area contributed by atoms with Gasteiger partial charge in [0, 0.05) is 18.7 Å². The largest absolute Gasteiger partial charge is 0.506 e. The Balaban J connectivity index is 2.03. The van der Waals surface area contributed by atoms with E-state index in [2.05, 4.69) is 4.98 Å². The standard InChI is InChI=1S/C18H14F2N2O5/c19-11-3-1-9(12(20)7-11)2-4-13(24)15-16(25)14-10(8-23)5-6-21-17(14)22(27)18(15)26/h1,3,5-7,23,25,27H,2,4,8H2. The molecule has 0 bridgehead atoms. The lowest BCUT2D eigenvalue weighted by Gasteiger charge is -2.11. The van der Waals surface area contributed by atoms with Crippen LogP contribution in [0.25, 0.3) is 11.0 Å². The number of hydrogen-bond acceptors (Lipinski definition) is 6. The van der Waals surface area contributed by atoms with Crippen LogP contribution >= 0.6 is 0 Å². The van der Waals surface area contributed by atoms with Crippen molar-refractivity contribution in [3.05, 3.63) is 69.1 Å². The van der Waals surface area contributed by atoms with Gasteiger partial charge in [-0.1, -0.05) is 6.07 Å². The van der Waals surface area contributed by atoms with Crippen molar-refractivity contribution in [2.45, 2.75) is 19.4 Å². The van der Waals surface area contributed by atoms with Gasteiger partial charge in [0.15, 0.2) is 11.4 Å². The number of ketones is 1. The van der Waals surface area contributed by atoms with Crippen molar-refractivity contribution in [2.24, 2.45) is 0 Å². The Labute approximate surface area is 150 Å². The number of aliphatic hydroxyl groups is 1. The van der Waals surface area contributed by atoms with Crippen LogP contribution in [0.15, 0.2) is 35.3 Å². The summed E-state index contributed by atoms with van der Waals surface area (Å²) in [7, 11) is 0. The van der Waals surface area contributed by atoms with Gasteiger partial charge in [0.05, 0.1) is 12.0 Å². The zero-order chi connectivity index (χ0) is 19.7. The summed E-state index contributed by atoms with van der Waals surface area (Å²) in [5.41, 5.74) is -1.99. The summed E-state index contributed by atoms with van der Waals surface area (Å²) in [4.78, 5) is 28.5. The molecule has 3 N–H and O–H groups in total. The number of carbonyl (C=O) groups is 1. The number of halogens is 2. The van der Waals surface area contributed by atoms with Gasteiger partial charge in [0.1, 0.15) is 22.9 Å². The highest BCUT2D eigenvalue weighted by molar-refractivity contribution is 6.03. The van der Waals surface area contributed by atoms with Crippen molar-refractivity contribution < 1.29 is 29.0 Å². The number of nitrogens with zero attached hydrogens (tertiary/aromatic N) is 2. The number of hydrogen-bond donors (Lipinski definition) is 3. The number of pyridine rings is 2. The van der Waals surface area contributed by atoms with E-state index in [1.54, 1.807) is 0 Å². The smallest absolute Gasteiger partial charge is 0.299 e. The van der Waals surface area contributed by atoms with Crippen molar-refractivity contribution in [3.63, 3.8) is 0 Å². The molecular weight excluding hydrogens is 362 g/mol. The van der Waals surface area contributed by atoms with E-state index in [9.17, 15) is 33.8 Å². The second-order valence-electron chi connectivity index (χ2n) is 5.83. The van der Waals surface area contributed by atoms with Crippen LogP contribution in [0.2, 0.25) is 0 Å². The molecule has 0 aliphatic carbocycles. The Morgan fingerprint density at radius 3 is 2.59 bits per heavy atom. The van der Waals surface area contributed by atoms with Gasteiger partial charge in [-0.15, -0.1) is 4.73 Å². The predicted octanol–water partition coefficient (Wildman–Crippen LogP) is 1.93. The quantitative estimate of drug-likeness (QED) is 0.463. The van der Waals surface area contributed by atoms with Gasteiger partial charge >= 0.3 is 0 Å². The molecule has 2 aromatic heterocycles. The lowest BCUT2D eigenvalue weighted by Crippen LogP contribution is -2.26. The minimum Gasteiger partial charge on any atom is -0.506 e. The number of Topliss-reactive ketones (excluding diaryl/α,β-unsaturated/α-hetero) is 1. The molecule has 27 heavy (non-hydrogen) atoms. The molecule has 3 aromatic rings. The van der Waals surface area contributed by atoms with E-state index in [0.29, 0.717) is 6.07 Å². The molecule has 0 fully saturated rings. The number of benzene rings is 1. The molecule has 3 rings (SSSR count). The molecule has 0 aliphatic rings. The summed E-state index contributed by atoms with van der Waals surface area (Å²) in [5, 5.41) is 29.6. The van der Waals surface area contributed by atoms with Crippen LogP contribution in [0.5, 0.6) is 5.75 Å². The van der Waals surface area contributed by atoms with Gasteiger partial charge in [-0.2, -0.15) is 0 Å². The van der Waals surface area contributed by atoms with Crippen molar-refractivity contribution in [1.29, 1.82) is 0 Å². The summed E-state index contributed by atoms with van der Waals surface area (Å²) < 4.78 is 26.7. The van der Waals surface area contributed by atoms with Crippen LogP contribution in [0.1, 0.15) is 27.9 Å². The normalized spacial score (nSPS) is 11.1. The zero-order valence-corrected chi connectivity index (χ0v) is 13.8. The third-order valence-electron chi connectivity index (χ3n) is 4.18. The number of rotatable bonds is 5. The topological polar surface area (TPSA) is 113 Å². The third kappa shape index (κ3) is 3.24. The molecule has 0 radical (unpaired) electrons. The van der Waals surface area contributed by atoms with Crippen molar-refractivity contribution in [2.75, 3.05) is 0 Å². The average molecular weight is 376 g/mol. The van der Waals surface area contributed by atoms with E-state index < -0.39 is 40.9 Å². The fraction of sp³-hybridized carbons (Fsp3) is 0.167. The first-order valence-corrected chi connectivity index (χ1v) is 7.88. The molecular formula is C18H14F2N2O5. The fourth-order valence-electron chi connectivity index (χ4n) is 2.82. The number of fused-ring (bicyclic) bond motifs is 1. The number of carbonyl (C=O) groups excluding carboxylic acids is 1. The molecule has 7 nitrogen and oxygen atoms in total. The molecule has 9 heteroatoms. The first-order chi connectivity index (χ1) is 12.8. The van der Waals surface area contributed by atoms with Crippen molar-refractivity contribution >= 4 is 16.8 Å². The maximum atomic E-state index is 13.7. The lowest BCUT2D eigenvalue weighted by atomic mass is 10.0. The van der Waals surface area contributed by atoms with Crippen LogP contribution in [0.4, 0.5) is 8.78 Å². The van der Waals surface area contributed by atoms with Gasteiger partial charge in [0.25, 0.3) is 5.56 Å². The Kier molecular flexibility index (Phi) is 4.87. The maximum absolute atomic E-state index is 13.7. The van der Waals surface area contributed by atoms with Crippen LogP contribution in [-0.2, 0) is 13.0 Å². The summed E-state index contributed by atoms with van der Waals surface area (Å²) >= 11 is 0. The molecule has 0 unspecified atom stereocenters. The van der Waals surface area contributed by atoms with Crippen LogP contribution in [0, 0.1) is 11.6 Å². The maximum Gasteiger partial charge on any atom is 0.299 e. The zero-order valence-electron chi connectivity index (χ0n) is 13.8. The number of aryl methyl sites for hydroxylation is 1. The molecule has 2 heterocycles. The number of aromatic hydroxyl groups is 1. The Morgan fingerprint density at radius 2 is 1.93 bits per heavy atom.